The number of fused-ring (bicyclic) bond motifs is 1. The second-order valence-corrected chi connectivity index (χ2v) is 6.29. The zero-order chi connectivity index (χ0) is 17.1. The van der Waals surface area contributed by atoms with Gasteiger partial charge in [-0.25, -0.2) is 4.98 Å². The molecule has 1 aliphatic heterocycles. The van der Waals surface area contributed by atoms with E-state index in [1.807, 2.05) is 25.1 Å². The Morgan fingerprint density at radius 1 is 1.46 bits per heavy atom. The molecular weight excluding hydrogens is 306 g/mol. The molecule has 2 aromatic rings. The maximum atomic E-state index is 12.6. The molecule has 2 unspecified atom stereocenters. The van der Waals surface area contributed by atoms with Crippen molar-refractivity contribution in [3.05, 3.63) is 40.4 Å². The second kappa shape index (κ2) is 7.13. The third-order valence-electron chi connectivity index (χ3n) is 4.53. The molecule has 1 aromatic carbocycles. The van der Waals surface area contributed by atoms with Crippen molar-refractivity contribution in [2.24, 2.45) is 0 Å². The third-order valence-corrected chi connectivity index (χ3v) is 4.53. The molecule has 1 saturated heterocycles. The lowest BCUT2D eigenvalue weighted by Crippen LogP contribution is -2.41. The van der Waals surface area contributed by atoms with Gasteiger partial charge in [0.25, 0.3) is 5.56 Å². The second-order valence-electron chi connectivity index (χ2n) is 6.29. The Morgan fingerprint density at radius 3 is 3.00 bits per heavy atom. The number of nitrogens with zero attached hydrogens (tertiary/aromatic N) is 2. The lowest BCUT2D eigenvalue weighted by atomic mass is 10.1. The van der Waals surface area contributed by atoms with Crippen LogP contribution in [-0.4, -0.2) is 34.2 Å². The lowest BCUT2D eigenvalue weighted by Gasteiger charge is -2.20. The van der Waals surface area contributed by atoms with Crippen molar-refractivity contribution in [2.75, 3.05) is 6.61 Å². The highest BCUT2D eigenvalue weighted by Crippen LogP contribution is 2.15. The first-order chi connectivity index (χ1) is 11.6. The van der Waals surface area contributed by atoms with E-state index in [2.05, 4.69) is 10.3 Å². The molecule has 0 saturated carbocycles. The number of nitrogens with one attached hydrogen (secondary N) is 1. The summed E-state index contributed by atoms with van der Waals surface area (Å²) >= 11 is 0. The highest BCUT2D eigenvalue weighted by atomic mass is 16.5. The number of aromatic nitrogens is 2. The van der Waals surface area contributed by atoms with Gasteiger partial charge >= 0.3 is 0 Å². The molecule has 1 amide bonds. The minimum Gasteiger partial charge on any atom is -0.376 e. The van der Waals surface area contributed by atoms with Crippen LogP contribution in [0.15, 0.2) is 29.1 Å². The molecule has 3 rings (SSSR count). The first-order valence-corrected chi connectivity index (χ1v) is 8.43. The van der Waals surface area contributed by atoms with Gasteiger partial charge in [-0.15, -0.1) is 0 Å². The number of rotatable bonds is 5. The van der Waals surface area contributed by atoms with Gasteiger partial charge in [0.2, 0.25) is 5.91 Å². The Balaban J connectivity index is 1.67. The van der Waals surface area contributed by atoms with Crippen LogP contribution in [0, 0.1) is 6.92 Å². The monoisotopic (exact) mass is 329 g/mol. The number of benzene rings is 1. The summed E-state index contributed by atoms with van der Waals surface area (Å²) < 4.78 is 7.15. The van der Waals surface area contributed by atoms with Crippen LogP contribution in [0.5, 0.6) is 0 Å². The lowest BCUT2D eigenvalue weighted by molar-refractivity contribution is -0.122. The quantitative estimate of drug-likeness (QED) is 0.907. The Morgan fingerprint density at radius 2 is 2.25 bits per heavy atom. The Labute approximate surface area is 140 Å². The van der Waals surface area contributed by atoms with E-state index in [1.165, 1.54) is 0 Å². The Bertz CT molecular complexity index is 794. The van der Waals surface area contributed by atoms with Crippen molar-refractivity contribution < 1.29 is 9.53 Å². The number of hydrogen-bond acceptors (Lipinski definition) is 4. The number of hydrogen-bond donors (Lipinski definition) is 1. The van der Waals surface area contributed by atoms with Crippen LogP contribution in [0.3, 0.4) is 0 Å². The minimum atomic E-state index is -0.0990. The van der Waals surface area contributed by atoms with Gasteiger partial charge in [0, 0.05) is 19.6 Å². The summed E-state index contributed by atoms with van der Waals surface area (Å²) in [5.41, 5.74) is 0.589. The van der Waals surface area contributed by atoms with Crippen molar-refractivity contribution in [2.45, 2.75) is 51.8 Å². The van der Waals surface area contributed by atoms with Crippen LogP contribution in [0.1, 0.15) is 32.0 Å². The molecule has 6 nitrogen and oxygen atoms in total. The zero-order valence-electron chi connectivity index (χ0n) is 14.1. The molecular formula is C18H23N3O3. The fourth-order valence-electron chi connectivity index (χ4n) is 3.17. The van der Waals surface area contributed by atoms with Crippen LogP contribution in [0.25, 0.3) is 10.9 Å². The molecule has 0 aliphatic carbocycles. The van der Waals surface area contributed by atoms with E-state index in [9.17, 15) is 9.59 Å². The van der Waals surface area contributed by atoms with Crippen LogP contribution < -0.4 is 10.9 Å². The van der Waals surface area contributed by atoms with E-state index < -0.39 is 0 Å². The molecule has 0 spiro atoms. The van der Waals surface area contributed by atoms with Crippen molar-refractivity contribution in [3.63, 3.8) is 0 Å². The SMILES string of the molecule is Cc1nc2ccccc2c(=O)n1CCC(=O)NC(C)C1CCCO1. The van der Waals surface area contributed by atoms with Gasteiger partial charge in [0.15, 0.2) is 0 Å². The zero-order valence-corrected chi connectivity index (χ0v) is 14.1. The Kier molecular flexibility index (Phi) is 4.94. The predicted octanol–water partition coefficient (Wildman–Crippen LogP) is 1.78. The maximum Gasteiger partial charge on any atom is 0.261 e. The average molecular weight is 329 g/mol. The summed E-state index contributed by atoms with van der Waals surface area (Å²) in [5.74, 6) is 0.552. The number of ether oxygens (including phenoxy) is 1. The van der Waals surface area contributed by atoms with Crippen LogP contribution in [0.2, 0.25) is 0 Å². The fourth-order valence-corrected chi connectivity index (χ4v) is 3.17. The van der Waals surface area contributed by atoms with Gasteiger partial charge in [-0.1, -0.05) is 12.1 Å². The summed E-state index contributed by atoms with van der Waals surface area (Å²) in [6.07, 6.45) is 2.37. The van der Waals surface area contributed by atoms with Crippen molar-refractivity contribution in [1.82, 2.24) is 14.9 Å². The van der Waals surface area contributed by atoms with E-state index in [-0.39, 0.29) is 30.0 Å². The molecule has 24 heavy (non-hydrogen) atoms. The van der Waals surface area contributed by atoms with E-state index in [1.54, 1.807) is 17.6 Å². The molecule has 0 bridgehead atoms. The highest BCUT2D eigenvalue weighted by Gasteiger charge is 2.23. The van der Waals surface area contributed by atoms with Gasteiger partial charge in [0.1, 0.15) is 5.82 Å². The number of aryl methyl sites for hydroxylation is 1. The summed E-state index contributed by atoms with van der Waals surface area (Å²) in [5, 5.41) is 3.55. The Hall–Kier alpha value is -2.21. The van der Waals surface area contributed by atoms with Gasteiger partial charge < -0.3 is 10.1 Å². The van der Waals surface area contributed by atoms with Gasteiger partial charge in [-0.3, -0.25) is 14.2 Å². The fraction of sp³-hybridized carbons (Fsp3) is 0.500. The minimum absolute atomic E-state index is 0.00690. The number of carbonyl (C=O) groups is 1. The summed E-state index contributed by atoms with van der Waals surface area (Å²) in [7, 11) is 0. The van der Waals surface area contributed by atoms with E-state index in [4.69, 9.17) is 4.74 Å². The van der Waals surface area contributed by atoms with Crippen LogP contribution >= 0.6 is 0 Å². The van der Waals surface area contributed by atoms with E-state index in [0.29, 0.717) is 23.3 Å². The van der Waals surface area contributed by atoms with Crippen molar-refractivity contribution >= 4 is 16.8 Å². The summed E-state index contributed by atoms with van der Waals surface area (Å²) in [4.78, 5) is 29.2. The molecule has 2 heterocycles. The number of amides is 1. The smallest absolute Gasteiger partial charge is 0.261 e. The van der Waals surface area contributed by atoms with Gasteiger partial charge in [0.05, 0.1) is 23.0 Å². The topological polar surface area (TPSA) is 73.2 Å². The number of para-hydroxylation sites is 1. The molecule has 0 radical (unpaired) electrons. The largest absolute Gasteiger partial charge is 0.376 e. The molecule has 2 atom stereocenters. The first-order valence-electron chi connectivity index (χ1n) is 8.43. The maximum absolute atomic E-state index is 12.6. The van der Waals surface area contributed by atoms with E-state index in [0.717, 1.165) is 19.4 Å². The normalized spacial score (nSPS) is 18.7. The molecule has 1 aromatic heterocycles. The highest BCUT2D eigenvalue weighted by molar-refractivity contribution is 5.78. The molecule has 1 aliphatic rings. The van der Waals surface area contributed by atoms with Crippen molar-refractivity contribution in [3.8, 4) is 0 Å². The van der Waals surface area contributed by atoms with E-state index >= 15 is 0 Å². The average Bonchev–Trinajstić information content (AvgIpc) is 3.09. The van der Waals surface area contributed by atoms with Crippen molar-refractivity contribution in [1.29, 1.82) is 0 Å². The standard InChI is InChI=1S/C18H23N3O3/c1-12(16-8-5-11-24-16)19-17(22)9-10-21-13(2)20-15-7-4-3-6-14(15)18(21)23/h3-4,6-7,12,16H,5,8-11H2,1-2H3,(H,19,22). The van der Waals surface area contributed by atoms with Gasteiger partial charge in [-0.2, -0.15) is 0 Å². The molecule has 128 valence electrons. The van der Waals surface area contributed by atoms with Gasteiger partial charge in [-0.05, 0) is 38.8 Å². The molecule has 6 heteroatoms. The predicted molar refractivity (Wildman–Crippen MR) is 91.9 cm³/mol. The van der Waals surface area contributed by atoms with Crippen LogP contribution in [-0.2, 0) is 16.1 Å². The van der Waals surface area contributed by atoms with Crippen LogP contribution in [0.4, 0.5) is 0 Å². The molecule has 1 fully saturated rings. The number of carbonyl (C=O) groups excluding carboxylic acids is 1. The molecule has 1 N–H and O–H groups in total. The summed E-state index contributed by atoms with van der Waals surface area (Å²) in [6.45, 7) is 4.85. The third kappa shape index (κ3) is 3.48. The first kappa shape index (κ1) is 16.6. The summed E-state index contributed by atoms with van der Waals surface area (Å²) in [6, 6.07) is 7.26.